The third-order valence-electron chi connectivity index (χ3n) is 2.75. The predicted molar refractivity (Wildman–Crippen MR) is 81.2 cm³/mol. The average Bonchev–Trinajstić information content (AvgIpc) is 2.35. The van der Waals surface area contributed by atoms with E-state index in [9.17, 15) is 4.39 Å². The lowest BCUT2D eigenvalue weighted by Crippen LogP contribution is -2.15. The van der Waals surface area contributed by atoms with Crippen molar-refractivity contribution in [1.82, 2.24) is 0 Å². The first kappa shape index (κ1) is 13.8. The van der Waals surface area contributed by atoms with Crippen LogP contribution in [0.2, 0.25) is 5.02 Å². The highest BCUT2D eigenvalue weighted by Gasteiger charge is 2.14. The molecular weight excluding hydrogens is 364 g/mol. The molecule has 2 aromatic rings. The van der Waals surface area contributed by atoms with Gasteiger partial charge in [-0.3, -0.25) is 0 Å². The molecule has 0 fully saturated rings. The van der Waals surface area contributed by atoms with E-state index in [0.29, 0.717) is 12.0 Å². The number of hydrogen-bond donors (Lipinski definition) is 1. The van der Waals surface area contributed by atoms with Crippen LogP contribution >= 0.6 is 34.2 Å². The lowest BCUT2D eigenvalue weighted by molar-refractivity contribution is 0.581. The molecule has 4 heteroatoms. The monoisotopic (exact) mass is 375 g/mol. The summed E-state index contributed by atoms with van der Waals surface area (Å²) in [5.74, 6) is -0.419. The second-order valence-electron chi connectivity index (χ2n) is 4.08. The van der Waals surface area contributed by atoms with E-state index in [2.05, 4.69) is 22.6 Å². The van der Waals surface area contributed by atoms with Crippen LogP contribution in [0.1, 0.15) is 17.2 Å². The van der Waals surface area contributed by atoms with Gasteiger partial charge in [-0.25, -0.2) is 4.39 Å². The quantitative estimate of drug-likeness (QED) is 0.794. The highest BCUT2D eigenvalue weighted by Crippen LogP contribution is 2.24. The summed E-state index contributed by atoms with van der Waals surface area (Å²) in [5.41, 5.74) is 7.58. The third kappa shape index (κ3) is 3.22. The Morgan fingerprint density at radius 2 is 1.83 bits per heavy atom. The molecule has 0 saturated carbocycles. The molecule has 0 saturated heterocycles. The average molecular weight is 376 g/mol. The molecule has 0 aliphatic carbocycles. The molecule has 2 rings (SSSR count). The summed E-state index contributed by atoms with van der Waals surface area (Å²) in [6.45, 7) is 0. The molecule has 2 N–H and O–H groups in total. The van der Waals surface area contributed by atoms with E-state index in [0.717, 1.165) is 5.56 Å². The van der Waals surface area contributed by atoms with Crippen LogP contribution in [0.15, 0.2) is 42.5 Å². The normalized spacial score (nSPS) is 12.4. The molecule has 0 aliphatic heterocycles. The second kappa shape index (κ2) is 5.99. The van der Waals surface area contributed by atoms with Crippen molar-refractivity contribution in [3.05, 3.63) is 68.0 Å². The standard InChI is InChI=1S/C14H12ClFIN/c15-12-3-1-2-11(14(12)16)13(18)8-9-4-6-10(17)7-5-9/h1-7,13H,8,18H2. The van der Waals surface area contributed by atoms with Crippen molar-refractivity contribution in [2.75, 3.05) is 0 Å². The van der Waals surface area contributed by atoms with Crippen LogP contribution in [0.4, 0.5) is 4.39 Å². The van der Waals surface area contributed by atoms with Crippen LogP contribution in [-0.4, -0.2) is 0 Å². The van der Waals surface area contributed by atoms with Gasteiger partial charge < -0.3 is 5.73 Å². The molecule has 1 atom stereocenters. The fraction of sp³-hybridized carbons (Fsp3) is 0.143. The first-order valence-corrected chi connectivity index (χ1v) is 6.97. The second-order valence-corrected chi connectivity index (χ2v) is 5.73. The van der Waals surface area contributed by atoms with Crippen LogP contribution in [0.5, 0.6) is 0 Å². The molecule has 2 aromatic carbocycles. The van der Waals surface area contributed by atoms with Gasteiger partial charge in [0.25, 0.3) is 0 Å². The van der Waals surface area contributed by atoms with Crippen LogP contribution < -0.4 is 5.73 Å². The number of rotatable bonds is 3. The van der Waals surface area contributed by atoms with Crippen LogP contribution in [0.3, 0.4) is 0 Å². The van der Waals surface area contributed by atoms with E-state index in [4.69, 9.17) is 17.3 Å². The van der Waals surface area contributed by atoms with E-state index in [1.807, 2.05) is 24.3 Å². The van der Waals surface area contributed by atoms with Gasteiger partial charge in [-0.2, -0.15) is 0 Å². The zero-order chi connectivity index (χ0) is 13.1. The largest absolute Gasteiger partial charge is 0.324 e. The SMILES string of the molecule is NC(Cc1ccc(I)cc1)c1cccc(Cl)c1F. The lowest BCUT2D eigenvalue weighted by Gasteiger charge is -2.13. The molecule has 0 heterocycles. The third-order valence-corrected chi connectivity index (χ3v) is 3.76. The maximum absolute atomic E-state index is 13.8. The van der Waals surface area contributed by atoms with Gasteiger partial charge in [0.15, 0.2) is 0 Å². The lowest BCUT2D eigenvalue weighted by atomic mass is 9.99. The first-order chi connectivity index (χ1) is 8.58. The highest BCUT2D eigenvalue weighted by molar-refractivity contribution is 14.1. The van der Waals surface area contributed by atoms with Crippen molar-refractivity contribution < 1.29 is 4.39 Å². The molecule has 0 bridgehead atoms. The predicted octanol–water partition coefficient (Wildman–Crippen LogP) is 4.33. The first-order valence-electron chi connectivity index (χ1n) is 5.52. The van der Waals surface area contributed by atoms with Crippen LogP contribution in [0.25, 0.3) is 0 Å². The highest BCUT2D eigenvalue weighted by atomic mass is 127. The van der Waals surface area contributed by atoms with E-state index in [-0.39, 0.29) is 11.1 Å². The summed E-state index contributed by atoms with van der Waals surface area (Å²) in [7, 11) is 0. The van der Waals surface area contributed by atoms with Gasteiger partial charge in [-0.15, -0.1) is 0 Å². The molecular formula is C14H12ClFIN. The summed E-state index contributed by atoms with van der Waals surface area (Å²) in [6, 6.07) is 12.6. The van der Waals surface area contributed by atoms with Crippen molar-refractivity contribution in [2.24, 2.45) is 5.73 Å². The Kier molecular flexibility index (Phi) is 4.59. The van der Waals surface area contributed by atoms with E-state index < -0.39 is 5.82 Å². The zero-order valence-electron chi connectivity index (χ0n) is 9.54. The van der Waals surface area contributed by atoms with Crippen molar-refractivity contribution >= 4 is 34.2 Å². The van der Waals surface area contributed by atoms with Gasteiger partial charge in [0, 0.05) is 15.2 Å². The molecule has 0 aliphatic rings. The molecule has 1 unspecified atom stereocenters. The summed E-state index contributed by atoms with van der Waals surface area (Å²) in [6.07, 6.45) is 0.591. The van der Waals surface area contributed by atoms with Crippen LogP contribution in [-0.2, 0) is 6.42 Å². The number of halogens is 3. The van der Waals surface area contributed by atoms with E-state index in [1.54, 1.807) is 12.1 Å². The summed E-state index contributed by atoms with van der Waals surface area (Å²) in [5, 5.41) is 0.116. The minimum atomic E-state index is -0.419. The molecule has 0 spiro atoms. The van der Waals surface area contributed by atoms with Crippen LogP contribution in [0, 0.1) is 9.39 Å². The van der Waals surface area contributed by atoms with Gasteiger partial charge in [0.05, 0.1) is 5.02 Å². The van der Waals surface area contributed by atoms with Gasteiger partial charge >= 0.3 is 0 Å². The summed E-state index contributed by atoms with van der Waals surface area (Å²) >= 11 is 7.99. The minimum Gasteiger partial charge on any atom is -0.324 e. The minimum absolute atomic E-state index is 0.116. The Labute approximate surface area is 124 Å². The fourth-order valence-electron chi connectivity index (χ4n) is 1.79. The van der Waals surface area contributed by atoms with Crippen molar-refractivity contribution in [1.29, 1.82) is 0 Å². The Morgan fingerprint density at radius 3 is 2.50 bits per heavy atom. The Balaban J connectivity index is 2.19. The fourth-order valence-corrected chi connectivity index (χ4v) is 2.33. The topological polar surface area (TPSA) is 26.0 Å². The maximum Gasteiger partial charge on any atom is 0.146 e. The van der Waals surface area contributed by atoms with Gasteiger partial charge in [-0.05, 0) is 52.8 Å². The maximum atomic E-state index is 13.8. The molecule has 1 nitrogen and oxygen atoms in total. The molecule has 0 radical (unpaired) electrons. The Hall–Kier alpha value is -0.650. The Morgan fingerprint density at radius 1 is 1.17 bits per heavy atom. The summed E-state index contributed by atoms with van der Waals surface area (Å²) < 4.78 is 15.0. The Bertz CT molecular complexity index is 542. The van der Waals surface area contributed by atoms with Crippen molar-refractivity contribution in [3.63, 3.8) is 0 Å². The number of benzene rings is 2. The number of nitrogens with two attached hydrogens (primary N) is 1. The van der Waals surface area contributed by atoms with Crippen molar-refractivity contribution in [3.8, 4) is 0 Å². The van der Waals surface area contributed by atoms with Gasteiger partial charge in [-0.1, -0.05) is 35.9 Å². The van der Waals surface area contributed by atoms with E-state index in [1.165, 1.54) is 9.64 Å². The van der Waals surface area contributed by atoms with Gasteiger partial charge in [0.1, 0.15) is 5.82 Å². The molecule has 0 aromatic heterocycles. The molecule has 94 valence electrons. The smallest absolute Gasteiger partial charge is 0.146 e. The number of hydrogen-bond acceptors (Lipinski definition) is 1. The van der Waals surface area contributed by atoms with Gasteiger partial charge in [0.2, 0.25) is 0 Å². The van der Waals surface area contributed by atoms with Crippen molar-refractivity contribution in [2.45, 2.75) is 12.5 Å². The molecule has 18 heavy (non-hydrogen) atoms. The molecule has 0 amide bonds. The zero-order valence-corrected chi connectivity index (χ0v) is 12.5. The van der Waals surface area contributed by atoms with E-state index >= 15 is 0 Å². The summed E-state index contributed by atoms with van der Waals surface area (Å²) in [4.78, 5) is 0.